The Labute approximate surface area is 110 Å². The molecule has 1 saturated carbocycles. The molecule has 1 aromatic carbocycles. The average molecular weight is 265 g/mol. The zero-order chi connectivity index (χ0) is 14.4. The van der Waals surface area contributed by atoms with Crippen LogP contribution in [0.1, 0.15) is 19.4 Å². The molecule has 1 aromatic rings. The van der Waals surface area contributed by atoms with Crippen molar-refractivity contribution >= 4 is 17.6 Å². The minimum Gasteiger partial charge on any atom is -0.481 e. The molecule has 0 heterocycles. The van der Waals surface area contributed by atoms with Gasteiger partial charge in [-0.15, -0.1) is 0 Å². The first-order valence-electron chi connectivity index (χ1n) is 6.05. The molecule has 2 N–H and O–H groups in total. The second-order valence-corrected chi connectivity index (χ2v) is 5.54. The average Bonchev–Trinajstić information content (AvgIpc) is 2.87. The Balaban J connectivity index is 2.18. The van der Waals surface area contributed by atoms with Crippen molar-refractivity contribution in [1.82, 2.24) is 0 Å². The number of nitrogens with one attached hydrogen (secondary N) is 1. The molecule has 1 fully saturated rings. The quantitative estimate of drug-likeness (QED) is 0.882. The lowest BCUT2D eigenvalue weighted by atomic mass is 10.1. The summed E-state index contributed by atoms with van der Waals surface area (Å²) in [5, 5.41) is 11.5. The topological polar surface area (TPSA) is 66.4 Å². The van der Waals surface area contributed by atoms with Gasteiger partial charge in [0.15, 0.2) is 0 Å². The summed E-state index contributed by atoms with van der Waals surface area (Å²) in [5.74, 6) is -3.27. The van der Waals surface area contributed by atoms with Crippen molar-refractivity contribution in [2.45, 2.75) is 20.8 Å². The van der Waals surface area contributed by atoms with Crippen molar-refractivity contribution in [3.63, 3.8) is 0 Å². The number of anilines is 1. The van der Waals surface area contributed by atoms with Crippen molar-refractivity contribution in [2.24, 2.45) is 17.3 Å². The molecule has 2 rings (SSSR count). The fourth-order valence-electron chi connectivity index (χ4n) is 2.58. The van der Waals surface area contributed by atoms with Gasteiger partial charge in [-0.3, -0.25) is 9.59 Å². The molecule has 0 bridgehead atoms. The third-order valence-corrected chi connectivity index (χ3v) is 3.85. The Morgan fingerprint density at radius 1 is 1.32 bits per heavy atom. The standard InChI is InChI=1S/C14H16FNO3/c1-7-5-4-6-8(15)11(7)16-12(17)9-10(13(18)19)14(9,2)3/h4-6,9-10H,1-3H3,(H,16,17)(H,18,19)/t9-,10+/m1/s1. The van der Waals surface area contributed by atoms with E-state index in [0.29, 0.717) is 5.56 Å². The van der Waals surface area contributed by atoms with Crippen LogP contribution >= 0.6 is 0 Å². The van der Waals surface area contributed by atoms with E-state index in [0.717, 1.165) is 0 Å². The molecule has 0 radical (unpaired) electrons. The fourth-order valence-corrected chi connectivity index (χ4v) is 2.58. The highest BCUT2D eigenvalue weighted by atomic mass is 19.1. The van der Waals surface area contributed by atoms with Gasteiger partial charge in [0.1, 0.15) is 5.82 Å². The minimum absolute atomic E-state index is 0.124. The summed E-state index contributed by atoms with van der Waals surface area (Å²) >= 11 is 0. The van der Waals surface area contributed by atoms with Gasteiger partial charge >= 0.3 is 5.97 Å². The third kappa shape index (κ3) is 2.20. The lowest BCUT2D eigenvalue weighted by molar-refractivity contribution is -0.140. The van der Waals surface area contributed by atoms with Crippen molar-refractivity contribution < 1.29 is 19.1 Å². The number of hydrogen-bond donors (Lipinski definition) is 2. The van der Waals surface area contributed by atoms with E-state index >= 15 is 0 Å². The molecule has 2 atom stereocenters. The van der Waals surface area contributed by atoms with Gasteiger partial charge < -0.3 is 10.4 Å². The summed E-state index contributed by atoms with van der Waals surface area (Å²) in [7, 11) is 0. The molecule has 1 aliphatic carbocycles. The Hall–Kier alpha value is -1.91. The third-order valence-electron chi connectivity index (χ3n) is 3.85. The van der Waals surface area contributed by atoms with Crippen LogP contribution in [0.5, 0.6) is 0 Å². The lowest BCUT2D eigenvalue weighted by Crippen LogP contribution is -2.19. The summed E-state index contributed by atoms with van der Waals surface area (Å²) in [5.41, 5.74) is 0.146. The number of para-hydroxylation sites is 1. The number of halogens is 1. The Morgan fingerprint density at radius 3 is 2.42 bits per heavy atom. The number of benzene rings is 1. The summed E-state index contributed by atoms with van der Waals surface area (Å²) in [6.45, 7) is 5.14. The molecule has 1 aliphatic rings. The highest BCUT2D eigenvalue weighted by Gasteiger charge is 2.65. The highest BCUT2D eigenvalue weighted by Crippen LogP contribution is 2.58. The van der Waals surface area contributed by atoms with Crippen LogP contribution in [0.15, 0.2) is 18.2 Å². The molecule has 19 heavy (non-hydrogen) atoms. The van der Waals surface area contributed by atoms with Crippen LogP contribution < -0.4 is 5.32 Å². The maximum atomic E-state index is 13.6. The number of carbonyl (C=O) groups is 2. The molecular weight excluding hydrogens is 249 g/mol. The number of aryl methyl sites for hydroxylation is 1. The van der Waals surface area contributed by atoms with Crippen LogP contribution in [0.3, 0.4) is 0 Å². The smallest absolute Gasteiger partial charge is 0.307 e. The maximum absolute atomic E-state index is 13.6. The van der Waals surface area contributed by atoms with E-state index in [1.54, 1.807) is 32.9 Å². The van der Waals surface area contributed by atoms with Gasteiger partial charge in [-0.05, 0) is 24.0 Å². The van der Waals surface area contributed by atoms with Gasteiger partial charge in [0.2, 0.25) is 5.91 Å². The Kier molecular flexibility index (Phi) is 3.08. The predicted octanol–water partition coefficient (Wildman–Crippen LogP) is 2.43. The van der Waals surface area contributed by atoms with E-state index in [2.05, 4.69) is 5.32 Å². The number of hydrogen-bond acceptors (Lipinski definition) is 2. The summed E-state index contributed by atoms with van der Waals surface area (Å²) in [6, 6.07) is 4.50. The number of carboxylic acid groups (broad SMARTS) is 1. The van der Waals surface area contributed by atoms with Crippen molar-refractivity contribution in [1.29, 1.82) is 0 Å². The minimum atomic E-state index is -0.990. The van der Waals surface area contributed by atoms with Gasteiger partial charge in [-0.2, -0.15) is 0 Å². The normalized spacial score (nSPS) is 23.8. The summed E-state index contributed by atoms with van der Waals surface area (Å²) in [4.78, 5) is 23.1. The zero-order valence-corrected chi connectivity index (χ0v) is 11.0. The molecule has 1 amide bonds. The molecule has 0 spiro atoms. The zero-order valence-electron chi connectivity index (χ0n) is 11.0. The number of rotatable bonds is 3. The molecule has 0 aromatic heterocycles. The van der Waals surface area contributed by atoms with Gasteiger partial charge in [0.25, 0.3) is 0 Å². The monoisotopic (exact) mass is 265 g/mol. The summed E-state index contributed by atoms with van der Waals surface area (Å²) < 4.78 is 13.6. The predicted molar refractivity (Wildman–Crippen MR) is 68.2 cm³/mol. The second-order valence-electron chi connectivity index (χ2n) is 5.54. The highest BCUT2D eigenvalue weighted by molar-refractivity contribution is 6.00. The van der Waals surface area contributed by atoms with Crippen LogP contribution in [0.2, 0.25) is 0 Å². The maximum Gasteiger partial charge on any atom is 0.307 e. The molecule has 0 saturated heterocycles. The fraction of sp³-hybridized carbons (Fsp3) is 0.429. The van der Waals surface area contributed by atoms with Gasteiger partial charge in [0.05, 0.1) is 17.5 Å². The van der Waals surface area contributed by atoms with E-state index in [4.69, 9.17) is 5.11 Å². The molecule has 0 unspecified atom stereocenters. The van der Waals surface area contributed by atoms with Crippen molar-refractivity contribution in [2.75, 3.05) is 5.32 Å². The Morgan fingerprint density at radius 2 is 1.95 bits per heavy atom. The SMILES string of the molecule is Cc1cccc(F)c1NC(=O)[C@H]1[C@@H](C(=O)O)C1(C)C. The van der Waals surface area contributed by atoms with Crippen LogP contribution in [0, 0.1) is 30.0 Å². The van der Waals surface area contributed by atoms with E-state index < -0.39 is 34.9 Å². The first-order valence-corrected chi connectivity index (χ1v) is 6.05. The molecule has 0 aliphatic heterocycles. The van der Waals surface area contributed by atoms with Crippen LogP contribution in [-0.4, -0.2) is 17.0 Å². The molecule has 5 heteroatoms. The largest absolute Gasteiger partial charge is 0.481 e. The van der Waals surface area contributed by atoms with Crippen LogP contribution in [0.4, 0.5) is 10.1 Å². The van der Waals surface area contributed by atoms with Crippen molar-refractivity contribution in [3.05, 3.63) is 29.6 Å². The first kappa shape index (κ1) is 13.5. The summed E-state index contributed by atoms with van der Waals surface area (Å²) in [6.07, 6.45) is 0. The van der Waals surface area contributed by atoms with E-state index in [9.17, 15) is 14.0 Å². The Bertz CT molecular complexity index is 533. The second kappa shape index (κ2) is 4.33. The number of aliphatic carboxylic acids is 1. The molecule has 102 valence electrons. The number of carboxylic acids is 1. The number of carbonyl (C=O) groups excluding carboxylic acids is 1. The van der Waals surface area contributed by atoms with Gasteiger partial charge in [0, 0.05) is 0 Å². The van der Waals surface area contributed by atoms with E-state index in [1.807, 2.05) is 0 Å². The molecule has 4 nitrogen and oxygen atoms in total. The van der Waals surface area contributed by atoms with Crippen LogP contribution in [0.25, 0.3) is 0 Å². The van der Waals surface area contributed by atoms with E-state index in [1.165, 1.54) is 6.07 Å². The van der Waals surface area contributed by atoms with Crippen molar-refractivity contribution in [3.8, 4) is 0 Å². The van der Waals surface area contributed by atoms with Gasteiger partial charge in [-0.1, -0.05) is 26.0 Å². The van der Waals surface area contributed by atoms with Gasteiger partial charge in [-0.25, -0.2) is 4.39 Å². The van der Waals surface area contributed by atoms with E-state index in [-0.39, 0.29) is 5.69 Å². The van der Waals surface area contributed by atoms with Crippen LogP contribution in [-0.2, 0) is 9.59 Å². The first-order chi connectivity index (χ1) is 8.76. The lowest BCUT2D eigenvalue weighted by Gasteiger charge is -2.09. The number of amides is 1. The molecular formula is C14H16FNO3.